The van der Waals surface area contributed by atoms with E-state index in [0.717, 1.165) is 12.8 Å². The van der Waals surface area contributed by atoms with Crippen LogP contribution >= 0.6 is 0 Å². The van der Waals surface area contributed by atoms with Gasteiger partial charge in [0.15, 0.2) is 0 Å². The standard InChI is InChI=1S/C17H23N3O3S/c1-13(14-7-4-3-5-8-14)20(2)24(21,22)16-10-6-9-15(11-16)17-19-18-12-23-17/h6,9-14H,3-5,7-8H2,1-2H3. The SMILES string of the molecule is CC(C1CCCCC1)N(C)S(=O)(=O)c1cccc(-c2nnco2)c1. The van der Waals surface area contributed by atoms with E-state index >= 15 is 0 Å². The van der Waals surface area contributed by atoms with Crippen LogP contribution in [0.2, 0.25) is 0 Å². The maximum Gasteiger partial charge on any atom is 0.247 e. The minimum Gasteiger partial charge on any atom is -0.423 e. The van der Waals surface area contributed by atoms with Gasteiger partial charge >= 0.3 is 0 Å². The number of sulfonamides is 1. The van der Waals surface area contributed by atoms with Gasteiger partial charge in [-0.15, -0.1) is 10.2 Å². The van der Waals surface area contributed by atoms with Crippen molar-refractivity contribution in [1.29, 1.82) is 0 Å². The predicted molar refractivity (Wildman–Crippen MR) is 90.7 cm³/mol. The molecule has 7 heteroatoms. The van der Waals surface area contributed by atoms with Crippen LogP contribution in [0.1, 0.15) is 39.0 Å². The molecule has 1 aromatic carbocycles. The summed E-state index contributed by atoms with van der Waals surface area (Å²) in [5.74, 6) is 0.743. The average molecular weight is 349 g/mol. The Labute approximate surface area is 142 Å². The Morgan fingerprint density at radius 2 is 2.00 bits per heavy atom. The summed E-state index contributed by atoms with van der Waals surface area (Å²) >= 11 is 0. The number of rotatable bonds is 5. The average Bonchev–Trinajstić information content (AvgIpc) is 3.16. The molecule has 1 aliphatic carbocycles. The fraction of sp³-hybridized carbons (Fsp3) is 0.529. The van der Waals surface area contributed by atoms with E-state index in [4.69, 9.17) is 4.42 Å². The lowest BCUT2D eigenvalue weighted by Crippen LogP contribution is -2.40. The quantitative estimate of drug-likeness (QED) is 0.827. The summed E-state index contributed by atoms with van der Waals surface area (Å²) < 4.78 is 32.7. The van der Waals surface area contributed by atoms with Crippen LogP contribution in [0, 0.1) is 5.92 Å². The topological polar surface area (TPSA) is 76.3 Å². The van der Waals surface area contributed by atoms with Crippen molar-refractivity contribution >= 4 is 10.0 Å². The molecule has 1 saturated carbocycles. The second-order valence-electron chi connectivity index (χ2n) is 6.43. The highest BCUT2D eigenvalue weighted by molar-refractivity contribution is 7.89. The molecule has 0 radical (unpaired) electrons. The van der Waals surface area contributed by atoms with Gasteiger partial charge in [0.25, 0.3) is 0 Å². The molecule has 1 unspecified atom stereocenters. The van der Waals surface area contributed by atoms with Gasteiger partial charge in [0.1, 0.15) is 0 Å². The Hall–Kier alpha value is -1.73. The van der Waals surface area contributed by atoms with Gasteiger partial charge in [0.05, 0.1) is 4.90 Å². The third kappa shape index (κ3) is 3.37. The van der Waals surface area contributed by atoms with Crippen molar-refractivity contribution in [2.24, 2.45) is 5.92 Å². The lowest BCUT2D eigenvalue weighted by atomic mass is 9.85. The zero-order valence-corrected chi connectivity index (χ0v) is 14.9. The summed E-state index contributed by atoms with van der Waals surface area (Å²) in [7, 11) is -1.88. The number of hydrogen-bond acceptors (Lipinski definition) is 5. The molecule has 24 heavy (non-hydrogen) atoms. The summed E-state index contributed by atoms with van der Waals surface area (Å²) in [5.41, 5.74) is 0.604. The molecule has 2 aromatic rings. The van der Waals surface area contributed by atoms with Crippen LogP contribution in [0.3, 0.4) is 0 Å². The van der Waals surface area contributed by atoms with Crippen molar-refractivity contribution in [2.75, 3.05) is 7.05 Å². The fourth-order valence-electron chi connectivity index (χ4n) is 3.39. The van der Waals surface area contributed by atoms with Crippen molar-refractivity contribution in [3.05, 3.63) is 30.7 Å². The Balaban J connectivity index is 1.85. The van der Waals surface area contributed by atoms with Gasteiger partial charge in [-0.2, -0.15) is 4.31 Å². The fourth-order valence-corrected chi connectivity index (χ4v) is 4.86. The third-order valence-corrected chi connectivity index (χ3v) is 6.96. The Morgan fingerprint density at radius 1 is 1.25 bits per heavy atom. The first kappa shape index (κ1) is 17.1. The highest BCUT2D eigenvalue weighted by Gasteiger charge is 2.31. The normalized spacial score (nSPS) is 18.0. The first-order valence-electron chi connectivity index (χ1n) is 8.35. The lowest BCUT2D eigenvalue weighted by molar-refractivity contribution is 0.227. The van der Waals surface area contributed by atoms with E-state index < -0.39 is 10.0 Å². The molecule has 1 atom stereocenters. The van der Waals surface area contributed by atoms with E-state index in [1.54, 1.807) is 31.3 Å². The number of benzene rings is 1. The maximum atomic E-state index is 13.0. The molecule has 1 heterocycles. The maximum absolute atomic E-state index is 13.0. The largest absolute Gasteiger partial charge is 0.423 e. The summed E-state index contributed by atoms with van der Waals surface area (Å²) in [4.78, 5) is 0.253. The van der Waals surface area contributed by atoms with Gasteiger partial charge in [0.2, 0.25) is 22.3 Å². The van der Waals surface area contributed by atoms with Gasteiger partial charge in [-0.25, -0.2) is 8.42 Å². The number of aromatic nitrogens is 2. The van der Waals surface area contributed by atoms with Crippen LogP contribution in [0.25, 0.3) is 11.5 Å². The van der Waals surface area contributed by atoms with Crippen molar-refractivity contribution < 1.29 is 12.8 Å². The zero-order valence-electron chi connectivity index (χ0n) is 14.1. The van der Waals surface area contributed by atoms with Gasteiger partial charge in [0, 0.05) is 18.7 Å². The van der Waals surface area contributed by atoms with Crippen molar-refractivity contribution in [1.82, 2.24) is 14.5 Å². The molecule has 0 amide bonds. The molecule has 1 aromatic heterocycles. The van der Waals surface area contributed by atoms with Gasteiger partial charge in [-0.05, 0) is 43.9 Å². The van der Waals surface area contributed by atoms with Crippen LogP contribution < -0.4 is 0 Å². The first-order valence-corrected chi connectivity index (χ1v) is 9.79. The Morgan fingerprint density at radius 3 is 2.67 bits per heavy atom. The van der Waals surface area contributed by atoms with Gasteiger partial charge in [-0.1, -0.05) is 25.3 Å². The van der Waals surface area contributed by atoms with E-state index in [-0.39, 0.29) is 10.9 Å². The Bertz CT molecular complexity index is 768. The molecule has 6 nitrogen and oxygen atoms in total. The zero-order chi connectivity index (χ0) is 17.2. The van der Waals surface area contributed by atoms with Crippen molar-refractivity contribution in [3.8, 4) is 11.5 Å². The molecule has 0 N–H and O–H groups in total. The van der Waals surface area contributed by atoms with Crippen LogP contribution in [0.4, 0.5) is 0 Å². The molecule has 0 bridgehead atoms. The molecular formula is C17H23N3O3S. The van der Waals surface area contributed by atoms with Gasteiger partial charge in [-0.3, -0.25) is 0 Å². The number of nitrogens with zero attached hydrogens (tertiary/aromatic N) is 3. The molecule has 3 rings (SSSR count). The van der Waals surface area contributed by atoms with Crippen LogP contribution in [0.15, 0.2) is 40.0 Å². The first-order chi connectivity index (χ1) is 11.5. The smallest absolute Gasteiger partial charge is 0.247 e. The minimum absolute atomic E-state index is 0.0117. The second-order valence-corrected chi connectivity index (χ2v) is 8.43. The molecule has 1 fully saturated rings. The molecule has 130 valence electrons. The van der Waals surface area contributed by atoms with E-state index in [1.807, 2.05) is 6.92 Å². The monoisotopic (exact) mass is 349 g/mol. The van der Waals surface area contributed by atoms with Crippen LogP contribution in [-0.4, -0.2) is 36.0 Å². The summed E-state index contributed by atoms with van der Waals surface area (Å²) in [6, 6.07) is 6.65. The predicted octanol–water partition coefficient (Wildman–Crippen LogP) is 3.33. The van der Waals surface area contributed by atoms with Gasteiger partial charge < -0.3 is 4.42 Å². The summed E-state index contributed by atoms with van der Waals surface area (Å²) in [5, 5.41) is 7.48. The second kappa shape index (κ2) is 7.03. The van der Waals surface area contributed by atoms with Crippen LogP contribution in [0.5, 0.6) is 0 Å². The molecule has 0 spiro atoms. The molecular weight excluding hydrogens is 326 g/mol. The molecule has 0 aliphatic heterocycles. The highest BCUT2D eigenvalue weighted by Crippen LogP contribution is 2.31. The summed E-state index contributed by atoms with van der Waals surface area (Å²) in [6.07, 6.45) is 7.07. The Kier molecular flexibility index (Phi) is 5.01. The minimum atomic E-state index is -3.56. The molecule has 1 aliphatic rings. The van der Waals surface area contributed by atoms with E-state index in [9.17, 15) is 8.42 Å². The van der Waals surface area contributed by atoms with Crippen molar-refractivity contribution in [2.45, 2.75) is 50.0 Å². The summed E-state index contributed by atoms with van der Waals surface area (Å²) in [6.45, 7) is 2.01. The van der Waals surface area contributed by atoms with Crippen LogP contribution in [-0.2, 0) is 10.0 Å². The van der Waals surface area contributed by atoms with E-state index in [1.165, 1.54) is 30.0 Å². The highest BCUT2D eigenvalue weighted by atomic mass is 32.2. The molecule has 0 saturated heterocycles. The lowest BCUT2D eigenvalue weighted by Gasteiger charge is -2.33. The van der Waals surface area contributed by atoms with E-state index in [2.05, 4.69) is 10.2 Å². The third-order valence-electron chi connectivity index (χ3n) is 5.02. The van der Waals surface area contributed by atoms with E-state index in [0.29, 0.717) is 17.4 Å². The number of hydrogen-bond donors (Lipinski definition) is 0. The van der Waals surface area contributed by atoms with Crippen molar-refractivity contribution in [3.63, 3.8) is 0 Å².